The van der Waals surface area contributed by atoms with Gasteiger partial charge in [-0.25, -0.2) is 9.97 Å². The summed E-state index contributed by atoms with van der Waals surface area (Å²) in [5, 5.41) is 5.09. The first-order valence-corrected chi connectivity index (χ1v) is 10.4. The number of anilines is 1. The van der Waals surface area contributed by atoms with E-state index in [-0.39, 0.29) is 0 Å². The molecule has 0 radical (unpaired) electrons. The lowest BCUT2D eigenvalue weighted by Crippen LogP contribution is -2.40. The van der Waals surface area contributed by atoms with Crippen molar-refractivity contribution in [3.63, 3.8) is 0 Å². The van der Waals surface area contributed by atoms with E-state index in [0.717, 1.165) is 11.9 Å². The fourth-order valence-corrected chi connectivity index (χ4v) is 5.79. The van der Waals surface area contributed by atoms with E-state index in [1.807, 2.05) is 11.3 Å². The fourth-order valence-electron chi connectivity index (χ4n) is 4.56. The molecule has 2 aromatic rings. The van der Waals surface area contributed by atoms with E-state index in [9.17, 15) is 0 Å². The molecule has 130 valence electrons. The van der Waals surface area contributed by atoms with Crippen molar-refractivity contribution >= 4 is 27.4 Å². The standard InChI is InChI=1S/C19H28N4S/c1-3-23(4-2)14-10-8-13(9-11-14)22-18-17-15-6-5-7-16(15)24-19(17)21-12-20-18/h12-14H,3-11H2,1-2H3,(H,20,21,22). The van der Waals surface area contributed by atoms with Gasteiger partial charge >= 0.3 is 0 Å². The second kappa shape index (κ2) is 6.96. The summed E-state index contributed by atoms with van der Waals surface area (Å²) in [6.07, 6.45) is 10.6. The van der Waals surface area contributed by atoms with Crippen LogP contribution in [0.1, 0.15) is 56.4 Å². The molecule has 2 aliphatic rings. The molecule has 0 spiro atoms. The van der Waals surface area contributed by atoms with Gasteiger partial charge in [-0.3, -0.25) is 0 Å². The molecule has 1 saturated carbocycles. The lowest BCUT2D eigenvalue weighted by atomic mass is 9.90. The van der Waals surface area contributed by atoms with Gasteiger partial charge in [-0.15, -0.1) is 11.3 Å². The molecule has 5 heteroatoms. The molecule has 4 nitrogen and oxygen atoms in total. The van der Waals surface area contributed by atoms with Gasteiger partial charge < -0.3 is 10.2 Å². The van der Waals surface area contributed by atoms with Crippen molar-refractivity contribution in [2.75, 3.05) is 18.4 Å². The zero-order valence-corrected chi connectivity index (χ0v) is 15.7. The summed E-state index contributed by atoms with van der Waals surface area (Å²) >= 11 is 1.88. The Labute approximate surface area is 148 Å². The number of hydrogen-bond acceptors (Lipinski definition) is 5. The van der Waals surface area contributed by atoms with Crippen LogP contribution in [0.2, 0.25) is 0 Å². The highest BCUT2D eigenvalue weighted by Gasteiger charge is 2.26. The minimum atomic E-state index is 0.562. The largest absolute Gasteiger partial charge is 0.367 e. The van der Waals surface area contributed by atoms with Crippen molar-refractivity contribution in [2.24, 2.45) is 0 Å². The van der Waals surface area contributed by atoms with Crippen LogP contribution >= 0.6 is 11.3 Å². The average molecular weight is 345 g/mol. The van der Waals surface area contributed by atoms with E-state index < -0.39 is 0 Å². The number of nitrogens with one attached hydrogen (secondary N) is 1. The average Bonchev–Trinajstić information content (AvgIpc) is 3.18. The molecule has 0 saturated heterocycles. The Hall–Kier alpha value is -1.20. The monoisotopic (exact) mass is 344 g/mol. The van der Waals surface area contributed by atoms with Crippen molar-refractivity contribution in [3.8, 4) is 0 Å². The number of aromatic nitrogens is 2. The van der Waals surface area contributed by atoms with Crippen LogP contribution in [0.4, 0.5) is 5.82 Å². The first-order chi connectivity index (χ1) is 11.8. The summed E-state index contributed by atoms with van der Waals surface area (Å²) in [5.74, 6) is 1.09. The Morgan fingerprint density at radius 1 is 1.12 bits per heavy atom. The molecule has 2 aliphatic carbocycles. The molecular weight excluding hydrogens is 316 g/mol. The minimum Gasteiger partial charge on any atom is -0.367 e. The van der Waals surface area contributed by atoms with E-state index in [0.29, 0.717) is 6.04 Å². The van der Waals surface area contributed by atoms with Crippen LogP contribution in [0.25, 0.3) is 10.2 Å². The highest BCUT2D eigenvalue weighted by Crippen LogP contribution is 2.39. The maximum atomic E-state index is 4.61. The number of fused-ring (bicyclic) bond motifs is 3. The molecule has 0 aliphatic heterocycles. The van der Waals surface area contributed by atoms with E-state index in [2.05, 4.69) is 34.0 Å². The van der Waals surface area contributed by atoms with Crippen LogP contribution in [0.5, 0.6) is 0 Å². The second-order valence-corrected chi connectivity index (χ2v) is 8.21. The lowest BCUT2D eigenvalue weighted by molar-refractivity contribution is 0.167. The summed E-state index contributed by atoms with van der Waals surface area (Å²) in [7, 11) is 0. The minimum absolute atomic E-state index is 0.562. The highest BCUT2D eigenvalue weighted by molar-refractivity contribution is 7.19. The maximum Gasteiger partial charge on any atom is 0.138 e. The predicted octanol–water partition coefficient (Wildman–Crippen LogP) is 4.24. The van der Waals surface area contributed by atoms with Crippen LogP contribution in [0.15, 0.2) is 6.33 Å². The summed E-state index contributed by atoms with van der Waals surface area (Å²) < 4.78 is 0. The lowest BCUT2D eigenvalue weighted by Gasteiger charge is -2.36. The fraction of sp³-hybridized carbons (Fsp3) is 0.684. The third kappa shape index (κ3) is 2.93. The van der Waals surface area contributed by atoms with E-state index in [1.165, 1.54) is 73.8 Å². The molecule has 0 bridgehead atoms. The smallest absolute Gasteiger partial charge is 0.138 e. The van der Waals surface area contributed by atoms with Crippen molar-refractivity contribution in [3.05, 3.63) is 16.8 Å². The SMILES string of the molecule is CCN(CC)C1CCC(Nc2ncnc3sc4c(c23)CCC4)CC1. The second-order valence-electron chi connectivity index (χ2n) is 7.13. The van der Waals surface area contributed by atoms with Gasteiger partial charge in [0.2, 0.25) is 0 Å². The van der Waals surface area contributed by atoms with Gasteiger partial charge in [-0.05, 0) is 63.6 Å². The van der Waals surface area contributed by atoms with Gasteiger partial charge in [0.05, 0.1) is 5.39 Å². The molecule has 0 unspecified atom stereocenters. The zero-order valence-electron chi connectivity index (χ0n) is 14.8. The van der Waals surface area contributed by atoms with Gasteiger partial charge in [0.1, 0.15) is 17.0 Å². The third-order valence-corrected chi connectivity index (χ3v) is 7.07. The first kappa shape index (κ1) is 16.3. The van der Waals surface area contributed by atoms with Crippen molar-refractivity contribution in [1.82, 2.24) is 14.9 Å². The van der Waals surface area contributed by atoms with E-state index in [4.69, 9.17) is 0 Å². The molecular formula is C19H28N4S. The van der Waals surface area contributed by atoms with Crippen LogP contribution in [-0.2, 0) is 12.8 Å². The number of nitrogens with zero attached hydrogens (tertiary/aromatic N) is 3. The van der Waals surface area contributed by atoms with Crippen molar-refractivity contribution in [2.45, 2.75) is 70.9 Å². The van der Waals surface area contributed by atoms with Gasteiger partial charge in [0, 0.05) is 17.0 Å². The van der Waals surface area contributed by atoms with Crippen molar-refractivity contribution in [1.29, 1.82) is 0 Å². The van der Waals surface area contributed by atoms with E-state index in [1.54, 1.807) is 11.2 Å². The molecule has 1 N–H and O–H groups in total. The first-order valence-electron chi connectivity index (χ1n) is 9.56. The number of thiophene rings is 1. The van der Waals surface area contributed by atoms with Crippen LogP contribution in [-0.4, -0.2) is 40.0 Å². The number of hydrogen-bond donors (Lipinski definition) is 1. The summed E-state index contributed by atoms with van der Waals surface area (Å²) in [4.78, 5) is 14.5. The normalized spacial score (nSPS) is 23.8. The zero-order chi connectivity index (χ0) is 16.5. The van der Waals surface area contributed by atoms with Crippen LogP contribution in [0.3, 0.4) is 0 Å². The van der Waals surface area contributed by atoms with Gasteiger partial charge in [-0.2, -0.15) is 0 Å². The predicted molar refractivity (Wildman–Crippen MR) is 102 cm³/mol. The van der Waals surface area contributed by atoms with Crippen LogP contribution < -0.4 is 5.32 Å². The quantitative estimate of drug-likeness (QED) is 0.880. The summed E-state index contributed by atoms with van der Waals surface area (Å²) in [5.41, 5.74) is 1.52. The molecule has 24 heavy (non-hydrogen) atoms. The third-order valence-electron chi connectivity index (χ3n) is 5.87. The Balaban J connectivity index is 1.48. The molecule has 0 aromatic carbocycles. The molecule has 2 aromatic heterocycles. The molecule has 2 heterocycles. The Bertz CT molecular complexity index is 699. The maximum absolute atomic E-state index is 4.61. The van der Waals surface area contributed by atoms with Gasteiger partial charge in [0.15, 0.2) is 0 Å². The summed E-state index contributed by atoms with van der Waals surface area (Å²) in [6, 6.07) is 1.33. The highest BCUT2D eigenvalue weighted by atomic mass is 32.1. The molecule has 0 atom stereocenters. The van der Waals surface area contributed by atoms with Gasteiger partial charge in [-0.1, -0.05) is 13.8 Å². The van der Waals surface area contributed by atoms with Crippen molar-refractivity contribution < 1.29 is 0 Å². The number of aryl methyl sites for hydroxylation is 2. The molecule has 4 rings (SSSR count). The number of rotatable bonds is 5. The Morgan fingerprint density at radius 3 is 2.67 bits per heavy atom. The van der Waals surface area contributed by atoms with Crippen LogP contribution in [0, 0.1) is 0 Å². The Morgan fingerprint density at radius 2 is 1.92 bits per heavy atom. The topological polar surface area (TPSA) is 41.0 Å². The Kier molecular flexibility index (Phi) is 4.72. The molecule has 0 amide bonds. The molecule has 1 fully saturated rings. The summed E-state index contributed by atoms with van der Waals surface area (Å²) in [6.45, 7) is 6.91. The van der Waals surface area contributed by atoms with E-state index >= 15 is 0 Å². The van der Waals surface area contributed by atoms with Gasteiger partial charge in [0.25, 0.3) is 0 Å².